The first-order valence-corrected chi connectivity index (χ1v) is 3.55. The molecule has 0 saturated heterocycles. The predicted octanol–water partition coefficient (Wildman–Crippen LogP) is 3.62. The minimum Gasteiger partial charge on any atom is -0.171 e. The van der Waals surface area contributed by atoms with Crippen molar-refractivity contribution >= 4 is 0 Å². The molecule has 0 nitrogen and oxygen atoms in total. The van der Waals surface area contributed by atoms with Crippen molar-refractivity contribution in [2.75, 3.05) is 0 Å². The Hall–Kier alpha value is -0.210. The van der Waals surface area contributed by atoms with Crippen LogP contribution in [0.25, 0.3) is 0 Å². The fraction of sp³-hybridized carbons (Fsp3) is 1.00. The molecule has 64 valence electrons. The molecule has 0 aliphatic rings. The highest BCUT2D eigenvalue weighted by molar-refractivity contribution is 4.58. The van der Waals surface area contributed by atoms with E-state index in [2.05, 4.69) is 0 Å². The van der Waals surface area contributed by atoms with Crippen LogP contribution in [-0.4, -0.2) is 6.18 Å². The molecule has 0 bridgehead atoms. The Bertz CT molecular complexity index is 65.7. The van der Waals surface area contributed by atoms with Gasteiger partial charge in [0.05, 0.1) is 5.92 Å². The second kappa shape index (κ2) is 5.57. The van der Waals surface area contributed by atoms with Crippen molar-refractivity contribution in [1.82, 2.24) is 0 Å². The monoisotopic (exact) mass is 156 g/mol. The molecule has 10 heavy (non-hydrogen) atoms. The maximum Gasteiger partial charge on any atom is 0.391 e. The van der Waals surface area contributed by atoms with Crippen molar-refractivity contribution in [3.05, 3.63) is 0 Å². The van der Waals surface area contributed by atoms with E-state index in [9.17, 15) is 13.2 Å². The largest absolute Gasteiger partial charge is 0.391 e. The molecule has 0 N–H and O–H groups in total. The van der Waals surface area contributed by atoms with E-state index in [1.165, 1.54) is 13.8 Å². The van der Waals surface area contributed by atoms with E-state index >= 15 is 0 Å². The summed E-state index contributed by atoms with van der Waals surface area (Å²) in [6, 6.07) is 0. The van der Waals surface area contributed by atoms with E-state index in [1.54, 1.807) is 0 Å². The molecule has 0 aromatic carbocycles. The van der Waals surface area contributed by atoms with Gasteiger partial charge in [-0.3, -0.25) is 0 Å². The number of hydrogen-bond acceptors (Lipinski definition) is 0. The smallest absolute Gasteiger partial charge is 0.171 e. The van der Waals surface area contributed by atoms with Crippen LogP contribution >= 0.6 is 0 Å². The van der Waals surface area contributed by atoms with Crippen LogP contribution in [0.3, 0.4) is 0 Å². The van der Waals surface area contributed by atoms with Gasteiger partial charge < -0.3 is 0 Å². The van der Waals surface area contributed by atoms with Crippen LogP contribution in [0, 0.1) is 5.92 Å². The molecule has 0 aliphatic carbocycles. The fourth-order valence-corrected chi connectivity index (χ4v) is 0.231. The quantitative estimate of drug-likeness (QED) is 0.544. The molecule has 0 aromatic rings. The zero-order valence-electron chi connectivity index (χ0n) is 6.92. The van der Waals surface area contributed by atoms with Gasteiger partial charge in [-0.1, -0.05) is 27.7 Å². The molecule has 0 amide bonds. The third-order valence-electron chi connectivity index (χ3n) is 1.17. The Balaban J connectivity index is 0. The summed E-state index contributed by atoms with van der Waals surface area (Å²) in [6.07, 6.45) is -3.82. The van der Waals surface area contributed by atoms with Crippen LogP contribution in [0.4, 0.5) is 13.2 Å². The third kappa shape index (κ3) is 5.92. The first-order valence-electron chi connectivity index (χ1n) is 3.55. The second-order valence-electron chi connectivity index (χ2n) is 1.85. The van der Waals surface area contributed by atoms with Gasteiger partial charge in [-0.25, -0.2) is 0 Å². The van der Waals surface area contributed by atoms with Gasteiger partial charge in [-0.15, -0.1) is 0 Å². The maximum atomic E-state index is 11.4. The first-order chi connectivity index (χ1) is 4.48. The molecule has 0 aliphatic heterocycles. The summed E-state index contributed by atoms with van der Waals surface area (Å²) >= 11 is 0. The van der Waals surface area contributed by atoms with Crippen LogP contribution in [-0.2, 0) is 0 Å². The lowest BCUT2D eigenvalue weighted by Crippen LogP contribution is -2.18. The van der Waals surface area contributed by atoms with E-state index < -0.39 is 12.1 Å². The summed E-state index contributed by atoms with van der Waals surface area (Å²) in [5, 5.41) is 0. The fourth-order valence-electron chi connectivity index (χ4n) is 0.231. The highest BCUT2D eigenvalue weighted by Crippen LogP contribution is 2.27. The molecule has 0 rings (SSSR count). The summed E-state index contributed by atoms with van der Waals surface area (Å²) in [7, 11) is 0. The highest BCUT2D eigenvalue weighted by Gasteiger charge is 2.33. The number of halogens is 3. The Morgan fingerprint density at radius 2 is 1.50 bits per heavy atom. The Kier molecular flexibility index (Phi) is 6.94. The SMILES string of the molecule is CC.CCC(C)C(F)(F)F. The van der Waals surface area contributed by atoms with Crippen molar-refractivity contribution in [3.63, 3.8) is 0 Å². The zero-order chi connectivity index (χ0) is 8.78. The van der Waals surface area contributed by atoms with Crippen molar-refractivity contribution < 1.29 is 13.2 Å². The molecule has 1 atom stereocenters. The van der Waals surface area contributed by atoms with Crippen LogP contribution in [0.1, 0.15) is 34.1 Å². The highest BCUT2D eigenvalue weighted by atomic mass is 19.4. The molecular weight excluding hydrogens is 141 g/mol. The molecule has 0 spiro atoms. The third-order valence-corrected chi connectivity index (χ3v) is 1.17. The Morgan fingerprint density at radius 3 is 1.50 bits per heavy atom. The topological polar surface area (TPSA) is 0 Å². The van der Waals surface area contributed by atoms with Crippen molar-refractivity contribution in [2.24, 2.45) is 5.92 Å². The van der Waals surface area contributed by atoms with Gasteiger partial charge in [0.2, 0.25) is 0 Å². The standard InChI is InChI=1S/C5H9F3.C2H6/c1-3-4(2)5(6,7)8;1-2/h4H,3H2,1-2H3;1-2H3. The van der Waals surface area contributed by atoms with Crippen molar-refractivity contribution in [3.8, 4) is 0 Å². The molecule has 0 saturated carbocycles. The van der Waals surface area contributed by atoms with E-state index in [1.807, 2.05) is 13.8 Å². The lowest BCUT2D eigenvalue weighted by molar-refractivity contribution is -0.170. The summed E-state index contributed by atoms with van der Waals surface area (Å²) in [6.45, 7) is 6.71. The molecule has 1 unspecified atom stereocenters. The van der Waals surface area contributed by atoms with E-state index in [0.717, 1.165) is 0 Å². The van der Waals surface area contributed by atoms with Gasteiger partial charge in [0.15, 0.2) is 0 Å². The number of rotatable bonds is 1. The van der Waals surface area contributed by atoms with E-state index in [0.29, 0.717) is 0 Å². The van der Waals surface area contributed by atoms with Gasteiger partial charge in [-0.05, 0) is 6.42 Å². The minimum atomic E-state index is -3.99. The summed E-state index contributed by atoms with van der Waals surface area (Å²) in [5.74, 6) is -1.15. The average molecular weight is 156 g/mol. The summed E-state index contributed by atoms with van der Waals surface area (Å²) < 4.78 is 34.3. The lowest BCUT2D eigenvalue weighted by atomic mass is 10.1. The molecule has 0 radical (unpaired) electrons. The van der Waals surface area contributed by atoms with Gasteiger partial charge >= 0.3 is 6.18 Å². The summed E-state index contributed by atoms with van der Waals surface area (Å²) in [4.78, 5) is 0. The van der Waals surface area contributed by atoms with Crippen LogP contribution < -0.4 is 0 Å². The van der Waals surface area contributed by atoms with Crippen molar-refractivity contribution in [2.45, 2.75) is 40.3 Å². The van der Waals surface area contributed by atoms with Gasteiger partial charge in [0, 0.05) is 0 Å². The molecule has 0 heterocycles. The van der Waals surface area contributed by atoms with Crippen molar-refractivity contribution in [1.29, 1.82) is 0 Å². The van der Waals surface area contributed by atoms with Crippen LogP contribution in [0.2, 0.25) is 0 Å². The van der Waals surface area contributed by atoms with Gasteiger partial charge in [0.25, 0.3) is 0 Å². The first kappa shape index (κ1) is 12.5. The average Bonchev–Trinajstić information content (AvgIpc) is 1.89. The lowest BCUT2D eigenvalue weighted by Gasteiger charge is -2.11. The predicted molar refractivity (Wildman–Crippen MR) is 36.9 cm³/mol. The molecule has 0 aromatic heterocycles. The van der Waals surface area contributed by atoms with Gasteiger partial charge in [0.1, 0.15) is 0 Å². The molecule has 3 heteroatoms. The van der Waals surface area contributed by atoms with E-state index in [-0.39, 0.29) is 6.42 Å². The summed E-state index contributed by atoms with van der Waals surface area (Å²) in [5.41, 5.74) is 0. The Morgan fingerprint density at radius 1 is 1.20 bits per heavy atom. The second-order valence-corrected chi connectivity index (χ2v) is 1.85. The number of hydrogen-bond donors (Lipinski definition) is 0. The Labute approximate surface area is 60.4 Å². The zero-order valence-corrected chi connectivity index (χ0v) is 6.92. The van der Waals surface area contributed by atoms with Crippen LogP contribution in [0.5, 0.6) is 0 Å². The van der Waals surface area contributed by atoms with Crippen LogP contribution in [0.15, 0.2) is 0 Å². The minimum absolute atomic E-state index is 0.170. The molecule has 0 fully saturated rings. The number of alkyl halides is 3. The van der Waals surface area contributed by atoms with Gasteiger partial charge in [-0.2, -0.15) is 13.2 Å². The van der Waals surface area contributed by atoms with E-state index in [4.69, 9.17) is 0 Å². The maximum absolute atomic E-state index is 11.4. The normalized spacial score (nSPS) is 13.5. The molecular formula is C7H15F3.